The van der Waals surface area contributed by atoms with Crippen LogP contribution in [0.2, 0.25) is 0 Å². The number of carbonyl (C=O) groups excluding carboxylic acids is 2. The lowest BCUT2D eigenvalue weighted by Crippen LogP contribution is -2.55. The largest absolute Gasteiger partial charge is 0.391 e. The number of β-amino-alcohol motifs (C(OH)–C–C–N with tert-alkyl or cyclic N) is 1. The molecule has 1 fully saturated rings. The van der Waals surface area contributed by atoms with Crippen LogP contribution in [0.4, 0.5) is 0 Å². The van der Waals surface area contributed by atoms with E-state index in [1.54, 1.807) is 12.3 Å². The third-order valence-electron chi connectivity index (χ3n) is 6.09. The number of hydrogen-bond donors (Lipinski definition) is 3. The van der Waals surface area contributed by atoms with Crippen LogP contribution in [0.25, 0.3) is 11.1 Å². The van der Waals surface area contributed by atoms with E-state index in [1.165, 1.54) is 11.1 Å². The molecule has 1 aliphatic heterocycles. The molecule has 4 N–H and O–H groups in total. The molecule has 1 saturated heterocycles. The van der Waals surface area contributed by atoms with Crippen molar-refractivity contribution in [1.29, 1.82) is 5.26 Å². The molecule has 0 spiro atoms. The fraction of sp³-hybridized carbons (Fsp3) is 0.440. The van der Waals surface area contributed by atoms with Gasteiger partial charge in [0.25, 0.3) is 0 Å². The van der Waals surface area contributed by atoms with Crippen LogP contribution in [-0.2, 0) is 9.59 Å². The first-order valence-corrected chi connectivity index (χ1v) is 11.0. The number of hydrogen-bond acceptors (Lipinski definition) is 6. The van der Waals surface area contributed by atoms with Gasteiger partial charge in [-0.25, -0.2) is 0 Å². The number of nitriles is 1. The van der Waals surface area contributed by atoms with Gasteiger partial charge in [0.1, 0.15) is 12.1 Å². The number of rotatable bonds is 5. The molecule has 33 heavy (non-hydrogen) atoms. The summed E-state index contributed by atoms with van der Waals surface area (Å²) in [6.45, 7) is 7.56. The summed E-state index contributed by atoms with van der Waals surface area (Å²) in [4.78, 5) is 31.3. The molecule has 1 aromatic carbocycles. The van der Waals surface area contributed by atoms with E-state index in [0.717, 1.165) is 16.7 Å². The Hall–Kier alpha value is -3.28. The Balaban J connectivity index is 1.72. The molecule has 1 aliphatic rings. The molecule has 8 nitrogen and oxygen atoms in total. The van der Waals surface area contributed by atoms with E-state index in [0.29, 0.717) is 5.56 Å². The molecule has 4 atom stereocenters. The SMILES string of the molecule is C[C@H](NC(=O)[C@@H]1C[C@@H](O)CN1C(=O)[C@@H](N)C(C)(C)C)c1ccc(-c2ccncc2C#N)cc1. The van der Waals surface area contributed by atoms with Gasteiger partial charge < -0.3 is 21.1 Å². The first-order valence-electron chi connectivity index (χ1n) is 11.0. The van der Waals surface area contributed by atoms with Crippen LogP contribution in [0.15, 0.2) is 42.7 Å². The fourth-order valence-corrected chi connectivity index (χ4v) is 3.93. The quantitative estimate of drug-likeness (QED) is 0.641. The predicted octanol–water partition coefficient (Wildman–Crippen LogP) is 2.13. The minimum Gasteiger partial charge on any atom is -0.391 e. The minimum absolute atomic E-state index is 0.0942. The van der Waals surface area contributed by atoms with Crippen LogP contribution >= 0.6 is 0 Å². The summed E-state index contributed by atoms with van der Waals surface area (Å²) in [6.07, 6.45) is 2.59. The zero-order valence-corrected chi connectivity index (χ0v) is 19.4. The summed E-state index contributed by atoms with van der Waals surface area (Å²) < 4.78 is 0. The molecule has 0 aliphatic carbocycles. The first-order chi connectivity index (χ1) is 15.5. The fourth-order valence-electron chi connectivity index (χ4n) is 3.93. The second-order valence-electron chi connectivity index (χ2n) is 9.62. The number of nitrogens with two attached hydrogens (primary N) is 1. The van der Waals surface area contributed by atoms with E-state index in [1.807, 2.05) is 52.0 Å². The van der Waals surface area contributed by atoms with Crippen molar-refractivity contribution in [2.24, 2.45) is 11.1 Å². The number of pyridine rings is 1. The summed E-state index contributed by atoms with van der Waals surface area (Å²) in [5.74, 6) is -0.652. The van der Waals surface area contributed by atoms with Crippen LogP contribution in [-0.4, -0.2) is 51.5 Å². The van der Waals surface area contributed by atoms with Crippen LogP contribution in [0.3, 0.4) is 0 Å². The van der Waals surface area contributed by atoms with Gasteiger partial charge in [0.15, 0.2) is 0 Å². The molecule has 174 valence electrons. The number of benzene rings is 1. The molecule has 8 heteroatoms. The Morgan fingerprint density at radius 3 is 2.55 bits per heavy atom. The molecule has 1 aromatic heterocycles. The molecular formula is C25H31N5O3. The molecule has 3 rings (SSSR count). The zero-order chi connectivity index (χ0) is 24.3. The molecule has 0 saturated carbocycles. The third-order valence-corrected chi connectivity index (χ3v) is 6.09. The lowest BCUT2D eigenvalue weighted by Gasteiger charge is -2.32. The number of aliphatic hydroxyl groups excluding tert-OH is 1. The topological polar surface area (TPSA) is 132 Å². The second kappa shape index (κ2) is 9.69. The van der Waals surface area contributed by atoms with Crippen molar-refractivity contribution in [2.75, 3.05) is 6.54 Å². The van der Waals surface area contributed by atoms with Crippen molar-refractivity contribution in [3.05, 3.63) is 53.9 Å². The van der Waals surface area contributed by atoms with Gasteiger partial charge in [0.2, 0.25) is 11.8 Å². The normalized spacial score (nSPS) is 20.1. The van der Waals surface area contributed by atoms with Crippen LogP contribution in [0, 0.1) is 16.7 Å². The third kappa shape index (κ3) is 5.38. The zero-order valence-electron chi connectivity index (χ0n) is 19.4. The van der Waals surface area contributed by atoms with E-state index >= 15 is 0 Å². The van der Waals surface area contributed by atoms with Gasteiger partial charge in [-0.1, -0.05) is 45.0 Å². The smallest absolute Gasteiger partial charge is 0.243 e. The Morgan fingerprint density at radius 2 is 1.94 bits per heavy atom. The highest BCUT2D eigenvalue weighted by atomic mass is 16.3. The second-order valence-corrected chi connectivity index (χ2v) is 9.62. The van der Waals surface area contributed by atoms with E-state index < -0.39 is 23.6 Å². The van der Waals surface area contributed by atoms with Crippen molar-refractivity contribution in [3.8, 4) is 17.2 Å². The first kappa shape index (κ1) is 24.4. The van der Waals surface area contributed by atoms with Gasteiger partial charge in [0, 0.05) is 30.9 Å². The summed E-state index contributed by atoms with van der Waals surface area (Å²) >= 11 is 0. The summed E-state index contributed by atoms with van der Waals surface area (Å²) in [5, 5.41) is 22.4. The van der Waals surface area contributed by atoms with E-state index in [-0.39, 0.29) is 30.8 Å². The van der Waals surface area contributed by atoms with E-state index in [2.05, 4.69) is 16.4 Å². The summed E-state index contributed by atoms with van der Waals surface area (Å²) in [7, 11) is 0. The highest BCUT2D eigenvalue weighted by molar-refractivity contribution is 5.91. The molecule has 2 aromatic rings. The van der Waals surface area contributed by atoms with Crippen molar-refractivity contribution >= 4 is 11.8 Å². The molecule has 0 bridgehead atoms. The van der Waals surface area contributed by atoms with Crippen molar-refractivity contribution in [3.63, 3.8) is 0 Å². The minimum atomic E-state index is -0.769. The highest BCUT2D eigenvalue weighted by Gasteiger charge is 2.42. The van der Waals surface area contributed by atoms with Gasteiger partial charge in [-0.3, -0.25) is 14.6 Å². The van der Waals surface area contributed by atoms with Crippen LogP contribution < -0.4 is 11.1 Å². The maximum absolute atomic E-state index is 13.0. The molecule has 2 heterocycles. The average molecular weight is 450 g/mol. The van der Waals surface area contributed by atoms with Crippen molar-refractivity contribution in [2.45, 2.75) is 58.3 Å². The van der Waals surface area contributed by atoms with E-state index in [9.17, 15) is 20.0 Å². The van der Waals surface area contributed by atoms with Gasteiger partial charge >= 0.3 is 0 Å². The van der Waals surface area contributed by atoms with Gasteiger partial charge in [-0.2, -0.15) is 5.26 Å². The van der Waals surface area contributed by atoms with Gasteiger partial charge in [0.05, 0.1) is 23.8 Å². The number of aliphatic hydroxyl groups is 1. The van der Waals surface area contributed by atoms with Gasteiger partial charge in [-0.05, 0) is 29.5 Å². The van der Waals surface area contributed by atoms with Gasteiger partial charge in [-0.15, -0.1) is 0 Å². The van der Waals surface area contributed by atoms with E-state index in [4.69, 9.17) is 5.73 Å². The predicted molar refractivity (Wildman–Crippen MR) is 125 cm³/mol. The average Bonchev–Trinajstić information content (AvgIpc) is 3.19. The number of likely N-dealkylation sites (tertiary alicyclic amines) is 1. The number of nitrogens with zero attached hydrogens (tertiary/aromatic N) is 3. The van der Waals surface area contributed by atoms with Crippen molar-refractivity contribution < 1.29 is 14.7 Å². The Labute approximate surface area is 194 Å². The standard InChI is InChI=1S/C25H31N5O3/c1-15(16-5-7-17(8-6-16)20-9-10-28-13-18(20)12-26)29-23(32)21-11-19(31)14-30(21)24(33)22(27)25(2,3)4/h5-10,13,15,19,21-22,31H,11,14,27H2,1-4H3,(H,29,32)/t15-,19+,21-,22+/m0/s1. The number of amides is 2. The molecule has 2 amide bonds. The summed E-state index contributed by atoms with van der Waals surface area (Å²) in [6, 6.07) is 9.66. The Morgan fingerprint density at radius 1 is 1.27 bits per heavy atom. The Kier molecular flexibility index (Phi) is 7.15. The number of nitrogens with one attached hydrogen (secondary N) is 1. The van der Waals surface area contributed by atoms with Crippen molar-refractivity contribution in [1.82, 2.24) is 15.2 Å². The highest BCUT2D eigenvalue weighted by Crippen LogP contribution is 2.27. The molecule has 0 unspecified atom stereocenters. The monoisotopic (exact) mass is 449 g/mol. The lowest BCUT2D eigenvalue weighted by atomic mass is 9.86. The molecular weight excluding hydrogens is 418 g/mol. The number of aromatic nitrogens is 1. The number of carbonyl (C=O) groups is 2. The maximum Gasteiger partial charge on any atom is 0.243 e. The summed E-state index contributed by atoms with van der Waals surface area (Å²) in [5.41, 5.74) is 8.71. The Bertz CT molecular complexity index is 1050. The van der Waals surface area contributed by atoms with Crippen LogP contribution in [0.1, 0.15) is 51.3 Å². The lowest BCUT2D eigenvalue weighted by molar-refractivity contribution is -0.141. The van der Waals surface area contributed by atoms with Crippen LogP contribution in [0.5, 0.6) is 0 Å². The molecule has 0 radical (unpaired) electrons. The maximum atomic E-state index is 13.0.